The van der Waals surface area contributed by atoms with Crippen molar-refractivity contribution in [2.24, 2.45) is 0 Å². The number of thiazole rings is 1. The first kappa shape index (κ1) is 16.9. The molecule has 0 N–H and O–H groups in total. The first-order valence-electron chi connectivity index (χ1n) is 6.98. The molecule has 1 amide bonds. The van der Waals surface area contributed by atoms with Crippen LogP contribution in [0.3, 0.4) is 0 Å². The summed E-state index contributed by atoms with van der Waals surface area (Å²) in [7, 11) is 1.62. The fourth-order valence-corrected chi connectivity index (χ4v) is 3.17. The van der Waals surface area contributed by atoms with Crippen molar-refractivity contribution in [3.8, 4) is 0 Å². The average Bonchev–Trinajstić information content (AvgIpc) is 2.83. The summed E-state index contributed by atoms with van der Waals surface area (Å²) in [5, 5.41) is 1.55. The van der Waals surface area contributed by atoms with E-state index in [1.54, 1.807) is 12.0 Å². The molecule has 4 nitrogen and oxygen atoms in total. The minimum Gasteiger partial charge on any atom is -0.383 e. The van der Waals surface area contributed by atoms with E-state index in [0.717, 1.165) is 15.4 Å². The normalized spacial score (nSPS) is 10.7. The van der Waals surface area contributed by atoms with E-state index in [1.807, 2.05) is 38.1 Å². The number of rotatable bonds is 6. The standard InChI is InChI=1S/C16H19ClN2O2S/c1-11-15(18-12(2)22-11)16(20)19(8-9-21-3)10-13-6-4-5-7-14(13)17/h4-7H,8-10H2,1-3H3. The summed E-state index contributed by atoms with van der Waals surface area (Å²) in [5.41, 5.74) is 1.43. The Bertz CT molecular complexity index is 657. The van der Waals surface area contributed by atoms with Crippen LogP contribution < -0.4 is 0 Å². The molecule has 0 aliphatic heterocycles. The molecule has 0 fully saturated rings. The number of hydrogen-bond donors (Lipinski definition) is 0. The van der Waals surface area contributed by atoms with Crippen molar-refractivity contribution < 1.29 is 9.53 Å². The van der Waals surface area contributed by atoms with E-state index >= 15 is 0 Å². The second-order valence-corrected chi connectivity index (χ2v) is 6.76. The number of aromatic nitrogens is 1. The highest BCUT2D eigenvalue weighted by Gasteiger charge is 2.21. The second kappa shape index (κ2) is 7.72. The molecule has 0 radical (unpaired) electrons. The van der Waals surface area contributed by atoms with Crippen LogP contribution in [0.2, 0.25) is 5.02 Å². The van der Waals surface area contributed by atoms with E-state index in [4.69, 9.17) is 16.3 Å². The van der Waals surface area contributed by atoms with Gasteiger partial charge in [-0.2, -0.15) is 0 Å². The third-order valence-corrected chi connectivity index (χ3v) is 4.53. The van der Waals surface area contributed by atoms with Crippen LogP contribution in [0.25, 0.3) is 0 Å². The third-order valence-electron chi connectivity index (χ3n) is 3.28. The van der Waals surface area contributed by atoms with Gasteiger partial charge in [0.1, 0.15) is 5.69 Å². The molecular formula is C16H19ClN2O2S. The summed E-state index contributed by atoms with van der Waals surface area (Å²) in [5.74, 6) is -0.0844. The molecule has 118 valence electrons. The summed E-state index contributed by atoms with van der Waals surface area (Å²) < 4.78 is 5.12. The highest BCUT2D eigenvalue weighted by atomic mass is 35.5. The van der Waals surface area contributed by atoms with Gasteiger partial charge in [-0.15, -0.1) is 11.3 Å². The zero-order valence-electron chi connectivity index (χ0n) is 12.9. The van der Waals surface area contributed by atoms with Gasteiger partial charge >= 0.3 is 0 Å². The number of amides is 1. The Morgan fingerprint density at radius 1 is 1.36 bits per heavy atom. The van der Waals surface area contributed by atoms with Crippen molar-refractivity contribution in [1.82, 2.24) is 9.88 Å². The van der Waals surface area contributed by atoms with Crippen molar-refractivity contribution in [3.05, 3.63) is 50.4 Å². The van der Waals surface area contributed by atoms with Crippen molar-refractivity contribution in [3.63, 3.8) is 0 Å². The van der Waals surface area contributed by atoms with Crippen LogP contribution in [0.4, 0.5) is 0 Å². The van der Waals surface area contributed by atoms with Crippen LogP contribution in [0.15, 0.2) is 24.3 Å². The van der Waals surface area contributed by atoms with E-state index in [1.165, 1.54) is 11.3 Å². The molecule has 22 heavy (non-hydrogen) atoms. The number of carbonyl (C=O) groups excluding carboxylic acids is 1. The molecule has 1 aromatic heterocycles. The Morgan fingerprint density at radius 3 is 2.68 bits per heavy atom. The molecule has 0 atom stereocenters. The van der Waals surface area contributed by atoms with Crippen molar-refractivity contribution >= 4 is 28.8 Å². The monoisotopic (exact) mass is 338 g/mol. The Balaban J connectivity index is 2.24. The van der Waals surface area contributed by atoms with Crippen LogP contribution in [0.1, 0.15) is 25.9 Å². The lowest BCUT2D eigenvalue weighted by molar-refractivity contribution is 0.0674. The Kier molecular flexibility index (Phi) is 5.94. The second-order valence-electron chi connectivity index (χ2n) is 4.95. The minimum absolute atomic E-state index is 0.0844. The summed E-state index contributed by atoms with van der Waals surface area (Å²) in [6, 6.07) is 7.54. The summed E-state index contributed by atoms with van der Waals surface area (Å²) in [6.45, 7) is 5.23. The highest BCUT2D eigenvalue weighted by Crippen LogP contribution is 2.21. The number of hydrogen-bond acceptors (Lipinski definition) is 4. The fourth-order valence-electron chi connectivity index (χ4n) is 2.16. The maximum atomic E-state index is 12.8. The molecule has 1 heterocycles. The van der Waals surface area contributed by atoms with Gasteiger partial charge in [-0.25, -0.2) is 4.98 Å². The topological polar surface area (TPSA) is 42.4 Å². The molecule has 0 saturated heterocycles. The van der Waals surface area contributed by atoms with Crippen molar-refractivity contribution in [2.75, 3.05) is 20.3 Å². The molecule has 0 bridgehead atoms. The minimum atomic E-state index is -0.0844. The lowest BCUT2D eigenvalue weighted by atomic mass is 10.2. The number of methoxy groups -OCH3 is 1. The van der Waals surface area contributed by atoms with Gasteiger partial charge in [0.25, 0.3) is 5.91 Å². The predicted octanol–water partition coefficient (Wildman–Crippen LogP) is 3.70. The largest absolute Gasteiger partial charge is 0.383 e. The average molecular weight is 339 g/mol. The fraction of sp³-hybridized carbons (Fsp3) is 0.375. The molecule has 6 heteroatoms. The summed E-state index contributed by atoms with van der Waals surface area (Å²) in [4.78, 5) is 19.8. The maximum Gasteiger partial charge on any atom is 0.273 e. The van der Waals surface area contributed by atoms with E-state index in [0.29, 0.717) is 30.4 Å². The predicted molar refractivity (Wildman–Crippen MR) is 89.7 cm³/mol. The molecule has 2 aromatic rings. The Labute approximate surface area is 139 Å². The number of nitrogens with zero attached hydrogens (tertiary/aromatic N) is 2. The number of ether oxygens (including phenoxy) is 1. The lowest BCUT2D eigenvalue weighted by Gasteiger charge is -2.22. The molecule has 0 aliphatic carbocycles. The lowest BCUT2D eigenvalue weighted by Crippen LogP contribution is -2.34. The molecule has 0 aliphatic rings. The summed E-state index contributed by atoms with van der Waals surface area (Å²) >= 11 is 7.74. The SMILES string of the molecule is COCCN(Cc1ccccc1Cl)C(=O)c1nc(C)sc1C. The summed E-state index contributed by atoms with van der Waals surface area (Å²) in [6.07, 6.45) is 0. The van der Waals surface area contributed by atoms with Gasteiger partial charge in [0.05, 0.1) is 11.6 Å². The van der Waals surface area contributed by atoms with Crippen molar-refractivity contribution in [2.45, 2.75) is 20.4 Å². The van der Waals surface area contributed by atoms with E-state index in [-0.39, 0.29) is 5.91 Å². The van der Waals surface area contributed by atoms with E-state index in [2.05, 4.69) is 4.98 Å². The third kappa shape index (κ3) is 4.06. The van der Waals surface area contributed by atoms with Crippen LogP contribution in [0, 0.1) is 13.8 Å². The zero-order chi connectivity index (χ0) is 16.1. The molecule has 0 spiro atoms. The van der Waals surface area contributed by atoms with Gasteiger partial charge in [-0.05, 0) is 25.5 Å². The van der Waals surface area contributed by atoms with Crippen LogP contribution in [0.5, 0.6) is 0 Å². The molecule has 2 rings (SSSR count). The van der Waals surface area contributed by atoms with Gasteiger partial charge in [-0.3, -0.25) is 4.79 Å². The van der Waals surface area contributed by atoms with Crippen molar-refractivity contribution in [1.29, 1.82) is 0 Å². The molecular weight excluding hydrogens is 320 g/mol. The molecule has 1 aromatic carbocycles. The maximum absolute atomic E-state index is 12.8. The first-order valence-corrected chi connectivity index (χ1v) is 8.18. The van der Waals surface area contributed by atoms with E-state index < -0.39 is 0 Å². The Hall–Kier alpha value is -1.43. The Morgan fingerprint density at radius 2 is 2.09 bits per heavy atom. The molecule has 0 saturated carbocycles. The van der Waals surface area contributed by atoms with Crippen LogP contribution in [-0.4, -0.2) is 36.1 Å². The number of aryl methyl sites for hydroxylation is 2. The number of carbonyl (C=O) groups is 1. The molecule has 0 unspecified atom stereocenters. The van der Waals surface area contributed by atoms with Crippen LogP contribution in [-0.2, 0) is 11.3 Å². The number of halogens is 1. The zero-order valence-corrected chi connectivity index (χ0v) is 14.5. The first-order chi connectivity index (χ1) is 10.5. The van der Waals surface area contributed by atoms with Gasteiger partial charge in [-0.1, -0.05) is 29.8 Å². The van der Waals surface area contributed by atoms with Gasteiger partial charge in [0.15, 0.2) is 0 Å². The highest BCUT2D eigenvalue weighted by molar-refractivity contribution is 7.11. The van der Waals surface area contributed by atoms with Crippen LogP contribution >= 0.6 is 22.9 Å². The quantitative estimate of drug-likeness (QED) is 0.806. The van der Waals surface area contributed by atoms with Gasteiger partial charge < -0.3 is 9.64 Å². The number of benzene rings is 1. The van der Waals surface area contributed by atoms with Gasteiger partial charge in [0, 0.05) is 30.1 Å². The van der Waals surface area contributed by atoms with E-state index in [9.17, 15) is 4.79 Å². The smallest absolute Gasteiger partial charge is 0.273 e. The van der Waals surface area contributed by atoms with Gasteiger partial charge in [0.2, 0.25) is 0 Å².